The Hall–Kier alpha value is -1.42. The minimum Gasteiger partial charge on any atom is -0.413 e. The van der Waals surface area contributed by atoms with Gasteiger partial charge in [-0.25, -0.2) is 0 Å². The van der Waals surface area contributed by atoms with Crippen molar-refractivity contribution in [2.45, 2.75) is 97.2 Å². The van der Waals surface area contributed by atoms with E-state index in [9.17, 15) is 0 Å². The minimum atomic E-state index is -1.85. The molecule has 0 atom stereocenters. The van der Waals surface area contributed by atoms with Gasteiger partial charge in [0.25, 0.3) is 0 Å². The largest absolute Gasteiger partial charge is 0.413 e. The molecule has 0 aromatic heterocycles. The highest BCUT2D eigenvalue weighted by Gasteiger charge is 2.38. The van der Waals surface area contributed by atoms with Crippen LogP contribution >= 0.6 is 15.9 Å². The van der Waals surface area contributed by atoms with Crippen molar-refractivity contribution >= 4 is 35.4 Å². The van der Waals surface area contributed by atoms with Crippen LogP contribution in [0.3, 0.4) is 0 Å². The monoisotopic (exact) mass is 552 g/mol. The van der Waals surface area contributed by atoms with Crippen LogP contribution in [0.25, 0.3) is 11.1 Å². The number of benzene rings is 2. The summed E-state index contributed by atoms with van der Waals surface area (Å²) in [5.41, 5.74) is 8.50. The van der Waals surface area contributed by atoms with Gasteiger partial charge in [-0.05, 0) is 94.3 Å². The molecule has 0 heterocycles. The van der Waals surface area contributed by atoms with Crippen molar-refractivity contribution in [3.63, 3.8) is 0 Å². The van der Waals surface area contributed by atoms with Gasteiger partial charge in [0.05, 0.1) is 6.61 Å². The van der Waals surface area contributed by atoms with Crippen molar-refractivity contribution in [2.24, 2.45) is 0 Å². The third kappa shape index (κ3) is 6.48. The zero-order valence-corrected chi connectivity index (χ0v) is 26.2. The van der Waals surface area contributed by atoms with Crippen molar-refractivity contribution in [3.05, 3.63) is 81.3 Å². The molecule has 0 unspecified atom stereocenters. The Bertz CT molecular complexity index is 1130. The summed E-state index contributed by atoms with van der Waals surface area (Å²) >= 11 is 3.65. The third-order valence-electron chi connectivity index (χ3n) is 8.43. The standard InChI is InChI=1S/C32H45BrOSi/c1-23(24-16-17-28-29(21-24)32(7,8)19-18-31(28,5)6)14-15-26(25-12-11-13-27(33)20-25)22-34-35(9,10)30(2,3)4/h11-17,20-21H,18-19,22H2,1-10H3/b23-14+,26-15?. The fraction of sp³-hybridized carbons (Fsp3) is 0.500. The van der Waals surface area contributed by atoms with Gasteiger partial charge in [0, 0.05) is 4.47 Å². The minimum absolute atomic E-state index is 0.185. The van der Waals surface area contributed by atoms with Crippen molar-refractivity contribution in [1.29, 1.82) is 0 Å². The van der Waals surface area contributed by atoms with E-state index in [1.165, 1.54) is 46.2 Å². The van der Waals surface area contributed by atoms with Crippen LogP contribution in [0.15, 0.2) is 59.1 Å². The van der Waals surface area contributed by atoms with Crippen LogP contribution in [-0.2, 0) is 15.3 Å². The van der Waals surface area contributed by atoms with Crippen molar-refractivity contribution in [1.82, 2.24) is 0 Å². The number of hydrogen-bond acceptors (Lipinski definition) is 1. The fourth-order valence-electron chi connectivity index (χ4n) is 4.55. The average Bonchev–Trinajstić information content (AvgIpc) is 2.76. The molecule has 0 aliphatic heterocycles. The van der Waals surface area contributed by atoms with Gasteiger partial charge in [-0.15, -0.1) is 0 Å². The average molecular weight is 554 g/mol. The molecule has 35 heavy (non-hydrogen) atoms. The lowest BCUT2D eigenvalue weighted by Crippen LogP contribution is -2.41. The van der Waals surface area contributed by atoms with Crippen molar-refractivity contribution < 1.29 is 4.43 Å². The number of hydrogen-bond donors (Lipinski definition) is 0. The first-order chi connectivity index (χ1) is 16.0. The summed E-state index contributed by atoms with van der Waals surface area (Å²) in [5, 5.41) is 0.185. The molecule has 0 N–H and O–H groups in total. The number of halogens is 1. The van der Waals surface area contributed by atoms with Gasteiger partial charge in [0.1, 0.15) is 0 Å². The summed E-state index contributed by atoms with van der Waals surface area (Å²) in [5.74, 6) is 0. The van der Waals surface area contributed by atoms with Gasteiger partial charge in [-0.3, -0.25) is 0 Å². The molecule has 0 saturated heterocycles. The quantitative estimate of drug-likeness (QED) is 0.255. The number of rotatable bonds is 6. The highest BCUT2D eigenvalue weighted by molar-refractivity contribution is 9.10. The molecule has 1 nitrogen and oxygen atoms in total. The van der Waals surface area contributed by atoms with Crippen LogP contribution in [0.1, 0.15) is 90.5 Å². The molecule has 0 spiro atoms. The Kier molecular flexibility index (Phi) is 8.16. The van der Waals surface area contributed by atoms with E-state index in [2.05, 4.69) is 139 Å². The Morgan fingerprint density at radius 3 is 2.14 bits per heavy atom. The normalized spacial score (nSPS) is 18.4. The van der Waals surface area contributed by atoms with E-state index >= 15 is 0 Å². The second-order valence-electron chi connectivity index (χ2n) is 13.1. The smallest absolute Gasteiger partial charge is 0.192 e. The molecule has 190 valence electrons. The van der Waals surface area contributed by atoms with E-state index < -0.39 is 8.32 Å². The SMILES string of the molecule is C/C(=C\C=C(CO[Si](C)(C)C(C)(C)C)c1cccc(Br)c1)c1ccc2c(c1)C(C)(C)CCC2(C)C. The fourth-order valence-corrected chi connectivity index (χ4v) is 5.89. The molecule has 3 rings (SSSR count). The second kappa shape index (κ2) is 10.1. The van der Waals surface area contributed by atoms with Crippen LogP contribution in [0.4, 0.5) is 0 Å². The third-order valence-corrected chi connectivity index (χ3v) is 13.4. The summed E-state index contributed by atoms with van der Waals surface area (Å²) in [4.78, 5) is 0. The number of allylic oxidation sites excluding steroid dienone is 3. The van der Waals surface area contributed by atoms with Crippen LogP contribution in [-0.4, -0.2) is 14.9 Å². The maximum absolute atomic E-state index is 6.64. The predicted molar refractivity (Wildman–Crippen MR) is 161 cm³/mol. The lowest BCUT2D eigenvalue weighted by molar-refractivity contribution is 0.332. The molecule has 0 fully saturated rings. The summed E-state index contributed by atoms with van der Waals surface area (Å²) in [7, 11) is -1.85. The molecule has 1 aliphatic rings. The number of fused-ring (bicyclic) bond motifs is 1. The van der Waals surface area contributed by atoms with Gasteiger partial charge in [0.15, 0.2) is 8.32 Å². The van der Waals surface area contributed by atoms with Crippen LogP contribution in [0.5, 0.6) is 0 Å². The first-order valence-corrected chi connectivity index (χ1v) is 16.7. The molecular formula is C32H45BrOSi. The van der Waals surface area contributed by atoms with E-state index in [4.69, 9.17) is 4.43 Å². The van der Waals surface area contributed by atoms with E-state index in [1.807, 2.05) is 0 Å². The zero-order valence-electron chi connectivity index (χ0n) is 23.6. The zero-order chi connectivity index (χ0) is 26.2. The van der Waals surface area contributed by atoms with Gasteiger partial charge in [-0.2, -0.15) is 0 Å². The highest BCUT2D eigenvalue weighted by atomic mass is 79.9. The second-order valence-corrected chi connectivity index (χ2v) is 18.9. The molecule has 0 saturated carbocycles. The summed E-state index contributed by atoms with van der Waals surface area (Å²) in [6, 6.07) is 15.7. The molecule has 1 aliphatic carbocycles. The van der Waals surface area contributed by atoms with E-state index in [0.717, 1.165) is 4.47 Å². The first kappa shape index (κ1) is 28.2. The Morgan fingerprint density at radius 1 is 0.914 bits per heavy atom. The Morgan fingerprint density at radius 2 is 1.54 bits per heavy atom. The summed E-state index contributed by atoms with van der Waals surface area (Å²) in [6.07, 6.45) is 7.01. The first-order valence-electron chi connectivity index (χ1n) is 13.0. The lowest BCUT2D eigenvalue weighted by atomic mass is 9.63. The maximum Gasteiger partial charge on any atom is 0.192 e. The molecule has 0 bridgehead atoms. The lowest BCUT2D eigenvalue weighted by Gasteiger charge is -2.42. The maximum atomic E-state index is 6.64. The predicted octanol–water partition coefficient (Wildman–Crippen LogP) is 10.3. The van der Waals surface area contributed by atoms with Crippen LogP contribution in [0.2, 0.25) is 18.1 Å². The van der Waals surface area contributed by atoms with E-state index in [1.54, 1.807) is 0 Å². The summed E-state index contributed by atoms with van der Waals surface area (Å²) in [6.45, 7) is 24.0. The Balaban J connectivity index is 1.98. The van der Waals surface area contributed by atoms with Gasteiger partial charge in [-0.1, -0.05) is 107 Å². The Labute approximate surface area is 224 Å². The highest BCUT2D eigenvalue weighted by Crippen LogP contribution is 2.46. The molecule has 0 radical (unpaired) electrons. The van der Waals surface area contributed by atoms with Crippen LogP contribution < -0.4 is 0 Å². The topological polar surface area (TPSA) is 9.23 Å². The van der Waals surface area contributed by atoms with Gasteiger partial charge in [0.2, 0.25) is 0 Å². The molecular weight excluding hydrogens is 508 g/mol. The van der Waals surface area contributed by atoms with E-state index in [-0.39, 0.29) is 15.9 Å². The van der Waals surface area contributed by atoms with E-state index in [0.29, 0.717) is 6.61 Å². The molecule has 2 aromatic carbocycles. The van der Waals surface area contributed by atoms with Crippen molar-refractivity contribution in [3.8, 4) is 0 Å². The van der Waals surface area contributed by atoms with Crippen LogP contribution in [0, 0.1) is 0 Å². The summed E-state index contributed by atoms with van der Waals surface area (Å²) < 4.78 is 7.73. The van der Waals surface area contributed by atoms with Gasteiger partial charge < -0.3 is 4.43 Å². The van der Waals surface area contributed by atoms with Gasteiger partial charge >= 0.3 is 0 Å². The van der Waals surface area contributed by atoms with Crippen molar-refractivity contribution in [2.75, 3.05) is 6.61 Å². The molecule has 2 aromatic rings. The molecule has 3 heteroatoms. The molecule has 0 amide bonds.